The Balaban J connectivity index is 1.03. The standard InChI is InChI=1S/C44H49ClN4O7S/c1-29-33(8-5-9-37(29)38-10-6-12-41(30(38)2)54-15-7-13-48-22-35-27-57(52,53)28-36(35)23-48)26-56-43-18-42(55-25-32-16-31(19-46)20-47-21-32)34(17-39(43)45)24-49-14-4-3-11-40(49)44(50)51/h5-6,8-10,12,16-18,20-21,35-36,40H,3-4,7,11,13-15,22-28H2,1-2H3,(H,50,51)/t35?,36?,40-/m0/s1. The number of nitriles is 1. The number of carboxylic acids is 1. The molecule has 3 aliphatic rings. The van der Waals surface area contributed by atoms with Crippen molar-refractivity contribution in [2.45, 2.75) is 65.3 Å². The predicted octanol–water partition coefficient (Wildman–Crippen LogP) is 7.23. The number of aromatic nitrogens is 1. The van der Waals surface area contributed by atoms with Gasteiger partial charge in [0.1, 0.15) is 42.6 Å². The van der Waals surface area contributed by atoms with Crippen LogP contribution in [0.3, 0.4) is 0 Å². The highest BCUT2D eigenvalue weighted by Gasteiger charge is 2.43. The molecule has 3 fully saturated rings. The quantitative estimate of drug-likeness (QED) is 0.122. The molecular formula is C44H49ClN4O7S. The highest BCUT2D eigenvalue weighted by Crippen LogP contribution is 2.38. The lowest BCUT2D eigenvalue weighted by atomic mass is 9.93. The Hall–Kier alpha value is -4.67. The fourth-order valence-electron chi connectivity index (χ4n) is 8.55. The Bertz CT molecular complexity index is 2240. The lowest BCUT2D eigenvalue weighted by molar-refractivity contribution is -0.144. The van der Waals surface area contributed by atoms with Gasteiger partial charge in [-0.3, -0.25) is 14.7 Å². The smallest absolute Gasteiger partial charge is 0.320 e. The molecule has 13 heteroatoms. The topological polar surface area (TPSA) is 142 Å². The van der Waals surface area contributed by atoms with Crippen LogP contribution in [0.5, 0.6) is 17.2 Å². The first kappa shape index (κ1) is 40.5. The van der Waals surface area contributed by atoms with Gasteiger partial charge < -0.3 is 24.2 Å². The first-order valence-corrected chi connectivity index (χ1v) is 21.8. The lowest BCUT2D eigenvalue weighted by Crippen LogP contribution is -2.44. The summed E-state index contributed by atoms with van der Waals surface area (Å²) >= 11 is 6.87. The molecule has 300 valence electrons. The molecule has 1 aromatic heterocycles. The normalized spacial score (nSPS) is 20.5. The number of fused-ring (bicyclic) bond motifs is 1. The second-order valence-electron chi connectivity index (χ2n) is 15.6. The number of hydrogen-bond acceptors (Lipinski definition) is 10. The molecule has 7 rings (SSSR count). The lowest BCUT2D eigenvalue weighted by Gasteiger charge is -2.33. The summed E-state index contributed by atoms with van der Waals surface area (Å²) in [7, 11) is -2.86. The summed E-state index contributed by atoms with van der Waals surface area (Å²) < 4.78 is 42.9. The van der Waals surface area contributed by atoms with E-state index in [-0.39, 0.29) is 25.0 Å². The van der Waals surface area contributed by atoms with Crippen molar-refractivity contribution < 1.29 is 32.5 Å². The van der Waals surface area contributed by atoms with Gasteiger partial charge in [-0.15, -0.1) is 0 Å². The number of carbonyl (C=O) groups is 1. The summed E-state index contributed by atoms with van der Waals surface area (Å²) in [6.07, 6.45) is 6.37. The van der Waals surface area contributed by atoms with Crippen molar-refractivity contribution in [3.05, 3.63) is 105 Å². The third-order valence-electron chi connectivity index (χ3n) is 11.6. The maximum Gasteiger partial charge on any atom is 0.320 e. The zero-order valence-corrected chi connectivity index (χ0v) is 34.0. The van der Waals surface area contributed by atoms with Crippen molar-refractivity contribution in [2.75, 3.05) is 44.3 Å². The number of nitrogens with zero attached hydrogens (tertiary/aromatic N) is 4. The predicted molar refractivity (Wildman–Crippen MR) is 218 cm³/mol. The zero-order valence-electron chi connectivity index (χ0n) is 32.5. The molecule has 11 nitrogen and oxygen atoms in total. The molecule has 4 heterocycles. The van der Waals surface area contributed by atoms with Crippen LogP contribution >= 0.6 is 11.6 Å². The van der Waals surface area contributed by atoms with Gasteiger partial charge >= 0.3 is 5.97 Å². The first-order valence-electron chi connectivity index (χ1n) is 19.6. The summed E-state index contributed by atoms with van der Waals surface area (Å²) in [5.41, 5.74) is 7.16. The summed E-state index contributed by atoms with van der Waals surface area (Å²) in [5, 5.41) is 19.7. The number of pyridine rings is 1. The highest BCUT2D eigenvalue weighted by molar-refractivity contribution is 7.91. The van der Waals surface area contributed by atoms with Gasteiger partial charge in [0.05, 0.1) is 28.7 Å². The van der Waals surface area contributed by atoms with E-state index in [0.29, 0.717) is 59.7 Å². The van der Waals surface area contributed by atoms with E-state index in [9.17, 15) is 23.6 Å². The molecule has 0 saturated carbocycles. The van der Waals surface area contributed by atoms with Crippen LogP contribution in [-0.4, -0.2) is 84.6 Å². The number of sulfone groups is 1. The monoisotopic (exact) mass is 812 g/mol. The maximum atomic E-state index is 12.1. The van der Waals surface area contributed by atoms with Crippen molar-refractivity contribution in [2.24, 2.45) is 11.8 Å². The van der Waals surface area contributed by atoms with Gasteiger partial charge in [0.25, 0.3) is 0 Å². The summed E-state index contributed by atoms with van der Waals surface area (Å²) in [5.74, 6) is 2.16. The average molecular weight is 813 g/mol. The minimum Gasteiger partial charge on any atom is -0.493 e. The van der Waals surface area contributed by atoms with Crippen LogP contribution in [0.1, 0.15) is 59.1 Å². The van der Waals surface area contributed by atoms with Crippen molar-refractivity contribution in [3.63, 3.8) is 0 Å². The molecule has 0 aliphatic carbocycles. The molecule has 3 aromatic carbocycles. The average Bonchev–Trinajstić information content (AvgIpc) is 3.69. The number of halogens is 1. The molecule has 0 radical (unpaired) electrons. The van der Waals surface area contributed by atoms with Gasteiger partial charge in [0.15, 0.2) is 9.84 Å². The fourth-order valence-corrected chi connectivity index (χ4v) is 11.0. The van der Waals surface area contributed by atoms with Crippen LogP contribution in [0.15, 0.2) is 67.0 Å². The molecule has 3 saturated heterocycles. The summed E-state index contributed by atoms with van der Waals surface area (Å²) in [6.45, 7) is 8.74. The van der Waals surface area contributed by atoms with E-state index < -0.39 is 21.8 Å². The molecule has 3 aliphatic heterocycles. The van der Waals surface area contributed by atoms with E-state index in [4.69, 9.17) is 25.8 Å². The molecule has 4 aromatic rings. The largest absolute Gasteiger partial charge is 0.493 e. The van der Waals surface area contributed by atoms with E-state index in [1.54, 1.807) is 24.4 Å². The van der Waals surface area contributed by atoms with E-state index >= 15 is 0 Å². The number of likely N-dealkylation sites (tertiary alicyclic amines) is 2. The second-order valence-corrected chi connectivity index (χ2v) is 18.1. The first-order chi connectivity index (χ1) is 27.5. The molecule has 2 unspecified atom stereocenters. The second kappa shape index (κ2) is 17.9. The molecule has 0 spiro atoms. The highest BCUT2D eigenvalue weighted by atomic mass is 35.5. The Labute approximate surface area is 340 Å². The SMILES string of the molecule is Cc1c(COc2cc(OCc3cncc(C#N)c3)c(CN3CCCC[C@H]3C(=O)O)cc2Cl)cccc1-c1cccc(OCCCN2CC3CS(=O)(=O)CC3C2)c1C. The minimum absolute atomic E-state index is 0.149. The van der Waals surface area contributed by atoms with Crippen LogP contribution < -0.4 is 14.2 Å². The Morgan fingerprint density at radius 3 is 2.40 bits per heavy atom. The summed E-state index contributed by atoms with van der Waals surface area (Å²) in [6, 6.07) is 19.1. The number of carboxylic acid groups (broad SMARTS) is 1. The number of piperidine rings is 1. The van der Waals surface area contributed by atoms with Crippen molar-refractivity contribution in [1.82, 2.24) is 14.8 Å². The van der Waals surface area contributed by atoms with Crippen molar-refractivity contribution >= 4 is 27.4 Å². The maximum absolute atomic E-state index is 12.1. The van der Waals surface area contributed by atoms with Crippen LogP contribution in [-0.2, 0) is 34.4 Å². The Morgan fingerprint density at radius 2 is 1.65 bits per heavy atom. The van der Waals surface area contributed by atoms with E-state index in [2.05, 4.69) is 41.9 Å². The van der Waals surface area contributed by atoms with Gasteiger partial charge in [-0.05, 0) is 97.5 Å². The van der Waals surface area contributed by atoms with Crippen LogP contribution in [0, 0.1) is 37.0 Å². The van der Waals surface area contributed by atoms with Crippen LogP contribution in [0.2, 0.25) is 5.02 Å². The van der Waals surface area contributed by atoms with E-state index in [1.807, 2.05) is 29.2 Å². The third-order valence-corrected chi connectivity index (χ3v) is 13.7. The van der Waals surface area contributed by atoms with Gasteiger partial charge in [0, 0.05) is 55.8 Å². The van der Waals surface area contributed by atoms with E-state index in [1.165, 1.54) is 6.20 Å². The van der Waals surface area contributed by atoms with Gasteiger partial charge in [0.2, 0.25) is 0 Å². The fraction of sp³-hybridized carbons (Fsp3) is 0.432. The minimum atomic E-state index is -2.86. The molecule has 0 bridgehead atoms. The number of rotatable bonds is 15. The van der Waals surface area contributed by atoms with Crippen molar-refractivity contribution in [3.8, 4) is 34.4 Å². The van der Waals surface area contributed by atoms with Crippen molar-refractivity contribution in [1.29, 1.82) is 5.26 Å². The zero-order chi connectivity index (χ0) is 40.1. The Morgan fingerprint density at radius 1 is 0.912 bits per heavy atom. The summed E-state index contributed by atoms with van der Waals surface area (Å²) in [4.78, 5) is 20.6. The number of aliphatic carboxylic acids is 1. The van der Waals surface area contributed by atoms with Crippen LogP contribution in [0.4, 0.5) is 0 Å². The molecule has 0 amide bonds. The molecular weight excluding hydrogens is 764 g/mol. The molecule has 1 N–H and O–H groups in total. The third kappa shape index (κ3) is 9.73. The van der Waals surface area contributed by atoms with Gasteiger partial charge in [-0.2, -0.15) is 5.26 Å². The molecule has 57 heavy (non-hydrogen) atoms. The van der Waals surface area contributed by atoms with Gasteiger partial charge in [-0.25, -0.2) is 8.42 Å². The number of hydrogen-bond donors (Lipinski definition) is 1. The number of ether oxygens (including phenoxy) is 3. The van der Waals surface area contributed by atoms with E-state index in [0.717, 1.165) is 83.6 Å². The Kier molecular flexibility index (Phi) is 12.7. The number of benzene rings is 3. The van der Waals surface area contributed by atoms with Gasteiger partial charge in [-0.1, -0.05) is 48.4 Å². The van der Waals surface area contributed by atoms with Crippen LogP contribution in [0.25, 0.3) is 11.1 Å². The molecule has 3 atom stereocenters.